The number of aromatic amines is 1. The lowest BCUT2D eigenvalue weighted by molar-refractivity contribution is 0.262. The van der Waals surface area contributed by atoms with E-state index < -0.39 is 0 Å². The molecule has 0 radical (unpaired) electrons. The van der Waals surface area contributed by atoms with Gasteiger partial charge >= 0.3 is 6.03 Å². The summed E-state index contributed by atoms with van der Waals surface area (Å²) >= 11 is 0. The molecule has 1 heterocycles. The van der Waals surface area contributed by atoms with Crippen molar-refractivity contribution in [2.45, 2.75) is 32.6 Å². The molecule has 0 atom stereocenters. The number of nitrogens with zero attached hydrogens (tertiary/aromatic N) is 1. The molecule has 2 amide bonds. The fourth-order valence-corrected chi connectivity index (χ4v) is 2.28. The average Bonchev–Trinajstić information content (AvgIpc) is 3.15. The second-order valence-electron chi connectivity index (χ2n) is 5.33. The zero-order valence-corrected chi connectivity index (χ0v) is 11.7. The second-order valence-corrected chi connectivity index (χ2v) is 5.33. The van der Waals surface area contributed by atoms with Crippen LogP contribution in [0.5, 0.6) is 0 Å². The van der Waals surface area contributed by atoms with Crippen LogP contribution in [0.2, 0.25) is 0 Å². The Morgan fingerprint density at radius 1 is 1.25 bits per heavy atom. The van der Waals surface area contributed by atoms with Crippen molar-refractivity contribution in [1.29, 1.82) is 0 Å². The molecular weight excluding hydrogens is 252 g/mol. The fourth-order valence-electron chi connectivity index (χ4n) is 2.28. The lowest BCUT2D eigenvalue weighted by atomic mass is 10.1. The number of H-pyrrole nitrogens is 1. The Morgan fingerprint density at radius 3 is 2.60 bits per heavy atom. The predicted molar refractivity (Wildman–Crippen MR) is 79.1 cm³/mol. The number of aryl methyl sites for hydroxylation is 2. The Morgan fingerprint density at radius 2 is 1.95 bits per heavy atom. The van der Waals surface area contributed by atoms with Crippen LogP contribution in [0.15, 0.2) is 24.3 Å². The van der Waals surface area contributed by atoms with Gasteiger partial charge in [0.05, 0.1) is 0 Å². The van der Waals surface area contributed by atoms with Gasteiger partial charge in [0.1, 0.15) is 0 Å². The van der Waals surface area contributed by atoms with E-state index in [0.717, 1.165) is 22.5 Å². The summed E-state index contributed by atoms with van der Waals surface area (Å²) in [4.78, 5) is 12.0. The third kappa shape index (κ3) is 2.66. The summed E-state index contributed by atoms with van der Waals surface area (Å²) in [5.74, 6) is 1.16. The van der Waals surface area contributed by atoms with Crippen molar-refractivity contribution >= 4 is 17.5 Å². The van der Waals surface area contributed by atoms with Crippen LogP contribution in [0.4, 0.5) is 16.3 Å². The molecule has 0 bridgehead atoms. The van der Waals surface area contributed by atoms with Crippen LogP contribution in [0.25, 0.3) is 0 Å². The van der Waals surface area contributed by atoms with Gasteiger partial charge in [0.2, 0.25) is 0 Å². The highest BCUT2D eigenvalue weighted by molar-refractivity contribution is 6.00. The monoisotopic (exact) mass is 270 g/mol. The number of nitrogens with one attached hydrogen (secondary N) is 3. The lowest BCUT2D eigenvalue weighted by Gasteiger charge is -2.11. The van der Waals surface area contributed by atoms with E-state index in [-0.39, 0.29) is 6.03 Å². The smallest absolute Gasteiger partial charge is 0.307 e. The van der Waals surface area contributed by atoms with Gasteiger partial charge in [-0.2, -0.15) is 5.10 Å². The summed E-state index contributed by atoms with van der Waals surface area (Å²) in [6.45, 7) is 3.95. The Kier molecular flexibility index (Phi) is 3.18. The van der Waals surface area contributed by atoms with Gasteiger partial charge < -0.3 is 5.32 Å². The summed E-state index contributed by atoms with van der Waals surface area (Å²) in [5, 5.41) is 12.7. The number of carbonyl (C=O) groups is 1. The van der Waals surface area contributed by atoms with Crippen LogP contribution in [0.3, 0.4) is 0 Å². The highest BCUT2D eigenvalue weighted by Crippen LogP contribution is 2.39. The van der Waals surface area contributed by atoms with E-state index >= 15 is 0 Å². The average molecular weight is 270 g/mol. The van der Waals surface area contributed by atoms with Crippen molar-refractivity contribution in [2.24, 2.45) is 0 Å². The maximum atomic E-state index is 12.0. The van der Waals surface area contributed by atoms with Crippen LogP contribution in [-0.2, 0) is 0 Å². The number of para-hydroxylation sites is 1. The Bertz CT molecular complexity index is 623. The number of amides is 2. The molecule has 1 aliphatic rings. The van der Waals surface area contributed by atoms with Crippen LogP contribution >= 0.6 is 0 Å². The van der Waals surface area contributed by atoms with E-state index in [2.05, 4.69) is 20.8 Å². The molecule has 0 spiro atoms. The largest absolute Gasteiger partial charge is 0.324 e. The topological polar surface area (TPSA) is 69.8 Å². The van der Waals surface area contributed by atoms with E-state index in [1.165, 1.54) is 12.8 Å². The van der Waals surface area contributed by atoms with Crippen molar-refractivity contribution in [3.05, 3.63) is 41.1 Å². The minimum absolute atomic E-state index is 0.267. The molecule has 0 aliphatic heterocycles. The van der Waals surface area contributed by atoms with E-state index in [1.807, 2.05) is 38.1 Å². The summed E-state index contributed by atoms with van der Waals surface area (Å²) in [6.07, 6.45) is 2.41. The summed E-state index contributed by atoms with van der Waals surface area (Å²) in [7, 11) is 0. The standard InChI is InChI=1S/C15H18N4O/c1-9-4-3-5-10(2)14(9)17-15(20)16-13-8-12(18-19-13)11-6-7-11/h3-5,8,11H,6-7H2,1-2H3,(H3,16,17,18,19,20). The molecule has 1 saturated carbocycles. The summed E-state index contributed by atoms with van der Waals surface area (Å²) in [5.41, 5.74) is 4.04. The van der Waals surface area contributed by atoms with Gasteiger partial charge in [-0.1, -0.05) is 18.2 Å². The molecule has 1 aromatic heterocycles. The van der Waals surface area contributed by atoms with Gasteiger partial charge in [-0.25, -0.2) is 4.79 Å². The number of hydrogen-bond donors (Lipinski definition) is 3. The maximum absolute atomic E-state index is 12.0. The third-order valence-electron chi connectivity index (χ3n) is 3.58. The zero-order valence-electron chi connectivity index (χ0n) is 11.7. The minimum atomic E-state index is -0.267. The first-order chi connectivity index (χ1) is 9.63. The Hall–Kier alpha value is -2.30. The normalized spacial score (nSPS) is 14.1. The highest BCUT2D eigenvalue weighted by atomic mass is 16.2. The van der Waals surface area contributed by atoms with Crippen molar-refractivity contribution in [3.8, 4) is 0 Å². The molecule has 0 saturated heterocycles. The fraction of sp³-hybridized carbons (Fsp3) is 0.333. The SMILES string of the molecule is Cc1cccc(C)c1NC(=O)Nc1cc(C2CC2)[nH]n1. The minimum Gasteiger partial charge on any atom is -0.307 e. The van der Waals surface area contributed by atoms with Gasteiger partial charge in [0.15, 0.2) is 5.82 Å². The number of hydrogen-bond acceptors (Lipinski definition) is 2. The number of carbonyl (C=O) groups excluding carboxylic acids is 1. The van der Waals surface area contributed by atoms with Gasteiger partial charge in [0.25, 0.3) is 0 Å². The molecule has 3 N–H and O–H groups in total. The highest BCUT2D eigenvalue weighted by Gasteiger charge is 2.25. The quantitative estimate of drug-likeness (QED) is 0.798. The van der Waals surface area contributed by atoms with Gasteiger partial charge in [0, 0.05) is 23.4 Å². The van der Waals surface area contributed by atoms with Crippen molar-refractivity contribution in [3.63, 3.8) is 0 Å². The molecule has 104 valence electrons. The Labute approximate surface area is 117 Å². The molecule has 5 heteroatoms. The molecule has 20 heavy (non-hydrogen) atoms. The molecule has 2 aromatic rings. The van der Waals surface area contributed by atoms with E-state index in [4.69, 9.17) is 0 Å². The first-order valence-corrected chi connectivity index (χ1v) is 6.83. The second kappa shape index (κ2) is 5.00. The maximum Gasteiger partial charge on any atom is 0.324 e. The van der Waals surface area contributed by atoms with Crippen LogP contribution in [0.1, 0.15) is 35.6 Å². The number of rotatable bonds is 3. The molecule has 0 unspecified atom stereocenters. The number of benzene rings is 1. The van der Waals surface area contributed by atoms with Crippen LogP contribution < -0.4 is 10.6 Å². The summed E-state index contributed by atoms with van der Waals surface area (Å²) < 4.78 is 0. The van der Waals surface area contributed by atoms with Crippen molar-refractivity contribution in [2.75, 3.05) is 10.6 Å². The molecular formula is C15H18N4O. The molecule has 5 nitrogen and oxygen atoms in total. The van der Waals surface area contributed by atoms with Gasteiger partial charge in [-0.05, 0) is 37.8 Å². The number of urea groups is 1. The van der Waals surface area contributed by atoms with Crippen molar-refractivity contribution < 1.29 is 4.79 Å². The molecule has 3 rings (SSSR count). The van der Waals surface area contributed by atoms with E-state index in [0.29, 0.717) is 11.7 Å². The first-order valence-electron chi connectivity index (χ1n) is 6.83. The Balaban J connectivity index is 1.66. The molecule has 1 aromatic carbocycles. The zero-order chi connectivity index (χ0) is 14.1. The van der Waals surface area contributed by atoms with Crippen LogP contribution in [-0.4, -0.2) is 16.2 Å². The predicted octanol–water partition coefficient (Wildman–Crippen LogP) is 3.55. The lowest BCUT2D eigenvalue weighted by Crippen LogP contribution is -2.20. The molecule has 1 aliphatic carbocycles. The van der Waals surface area contributed by atoms with Crippen LogP contribution in [0, 0.1) is 13.8 Å². The summed E-state index contributed by atoms with van der Waals surface area (Å²) in [6, 6.07) is 7.56. The van der Waals surface area contributed by atoms with E-state index in [1.54, 1.807) is 0 Å². The van der Waals surface area contributed by atoms with Gasteiger partial charge in [-0.15, -0.1) is 0 Å². The van der Waals surface area contributed by atoms with Crippen molar-refractivity contribution in [1.82, 2.24) is 10.2 Å². The van der Waals surface area contributed by atoms with E-state index in [9.17, 15) is 4.79 Å². The number of aromatic nitrogens is 2. The first kappa shape index (κ1) is 12.7. The molecule has 1 fully saturated rings. The number of anilines is 2. The third-order valence-corrected chi connectivity index (χ3v) is 3.58. The van der Waals surface area contributed by atoms with Gasteiger partial charge in [-0.3, -0.25) is 10.4 Å².